The van der Waals surface area contributed by atoms with E-state index in [1.807, 2.05) is 46.8 Å². The fourth-order valence-electron chi connectivity index (χ4n) is 1.94. The highest BCUT2D eigenvalue weighted by atomic mass is 35.5. The van der Waals surface area contributed by atoms with Gasteiger partial charge in [-0.15, -0.1) is 0 Å². The van der Waals surface area contributed by atoms with Gasteiger partial charge in [0.2, 0.25) is 0 Å². The van der Waals surface area contributed by atoms with Crippen molar-refractivity contribution in [2.24, 2.45) is 0 Å². The van der Waals surface area contributed by atoms with Crippen molar-refractivity contribution in [3.63, 3.8) is 0 Å². The fraction of sp³-hybridized carbons (Fsp3) is 0.538. The molecule has 98 valence electrons. The molecule has 3 nitrogen and oxygen atoms in total. The third-order valence-electron chi connectivity index (χ3n) is 3.89. The average molecular weight is 268 g/mol. The molecular formula is C13H19BClNO2. The largest absolute Gasteiger partial charge is 0.495 e. The molecule has 2 N–H and O–H groups in total. The average Bonchev–Trinajstić information content (AvgIpc) is 2.42. The van der Waals surface area contributed by atoms with Gasteiger partial charge in [0.15, 0.2) is 0 Å². The van der Waals surface area contributed by atoms with Crippen LogP contribution in [0.2, 0.25) is 5.02 Å². The Labute approximate surface area is 114 Å². The molecule has 1 saturated heterocycles. The van der Waals surface area contributed by atoms with E-state index in [2.05, 4.69) is 0 Å². The summed E-state index contributed by atoms with van der Waals surface area (Å²) < 4.78 is 12.0. The molecule has 0 aromatic heterocycles. The molecule has 5 heteroatoms. The molecule has 0 atom stereocenters. The second-order valence-electron chi connectivity index (χ2n) is 5.82. The third kappa shape index (κ3) is 2.13. The summed E-state index contributed by atoms with van der Waals surface area (Å²) in [5, 5.41) is 0.533. The van der Waals surface area contributed by atoms with Crippen LogP contribution < -0.4 is 11.2 Å². The van der Waals surface area contributed by atoms with E-state index in [4.69, 9.17) is 26.6 Å². The van der Waals surface area contributed by atoms with Crippen LogP contribution in [0.25, 0.3) is 0 Å². The summed E-state index contributed by atoms with van der Waals surface area (Å²) in [4.78, 5) is 0. The first kappa shape index (κ1) is 13.7. The van der Waals surface area contributed by atoms with E-state index < -0.39 is 7.12 Å². The smallest absolute Gasteiger partial charge is 0.399 e. The van der Waals surface area contributed by atoms with Crippen molar-refractivity contribution in [3.05, 3.63) is 22.7 Å². The Kier molecular flexibility index (Phi) is 3.17. The van der Waals surface area contributed by atoms with Crippen LogP contribution in [-0.2, 0) is 9.31 Å². The van der Waals surface area contributed by atoms with E-state index >= 15 is 0 Å². The second-order valence-corrected chi connectivity index (χ2v) is 6.23. The van der Waals surface area contributed by atoms with E-state index in [-0.39, 0.29) is 11.2 Å². The minimum Gasteiger partial charge on any atom is -0.399 e. The molecule has 0 spiro atoms. The second kappa shape index (κ2) is 4.15. The molecule has 0 radical (unpaired) electrons. The zero-order valence-electron chi connectivity index (χ0n) is 11.5. The lowest BCUT2D eigenvalue weighted by Crippen LogP contribution is -2.41. The summed E-state index contributed by atoms with van der Waals surface area (Å²) in [7, 11) is -0.395. The Morgan fingerprint density at radius 3 is 2.11 bits per heavy atom. The molecular weight excluding hydrogens is 248 g/mol. The normalized spacial score (nSPS) is 21.3. The molecule has 0 aliphatic carbocycles. The number of hydrogen-bond donors (Lipinski definition) is 1. The van der Waals surface area contributed by atoms with Gasteiger partial charge in [0.05, 0.1) is 21.9 Å². The molecule has 1 fully saturated rings. The standard InChI is InChI=1S/C13H19BClNO2/c1-8-6-11(16)10(15)7-9(8)14-17-12(2,3)13(4,5)18-14/h6-7H,16H2,1-5H3. The molecule has 1 aromatic carbocycles. The lowest BCUT2D eigenvalue weighted by Gasteiger charge is -2.32. The van der Waals surface area contributed by atoms with Crippen LogP contribution in [0.15, 0.2) is 12.1 Å². The van der Waals surface area contributed by atoms with Crippen LogP contribution in [0.5, 0.6) is 0 Å². The molecule has 0 bridgehead atoms. The van der Waals surface area contributed by atoms with Crippen LogP contribution >= 0.6 is 11.6 Å². The van der Waals surface area contributed by atoms with Gasteiger partial charge in [0, 0.05) is 0 Å². The minimum absolute atomic E-state index is 0.349. The van der Waals surface area contributed by atoms with Crippen LogP contribution in [-0.4, -0.2) is 18.3 Å². The number of nitrogens with two attached hydrogens (primary N) is 1. The Morgan fingerprint density at radius 2 is 1.61 bits per heavy atom. The third-order valence-corrected chi connectivity index (χ3v) is 4.22. The quantitative estimate of drug-likeness (QED) is 0.628. The molecule has 1 aliphatic heterocycles. The Hall–Kier alpha value is -0.705. The van der Waals surface area contributed by atoms with Crippen molar-refractivity contribution < 1.29 is 9.31 Å². The number of rotatable bonds is 1. The zero-order chi connectivity index (χ0) is 13.7. The summed E-state index contributed by atoms with van der Waals surface area (Å²) in [5.74, 6) is 0. The summed E-state index contributed by atoms with van der Waals surface area (Å²) in [6, 6.07) is 3.68. The molecule has 0 amide bonds. The monoisotopic (exact) mass is 267 g/mol. The van der Waals surface area contributed by atoms with Crippen molar-refractivity contribution in [1.29, 1.82) is 0 Å². The molecule has 0 unspecified atom stereocenters. The molecule has 1 heterocycles. The van der Waals surface area contributed by atoms with Gasteiger partial charge in [-0.2, -0.15) is 0 Å². The lowest BCUT2D eigenvalue weighted by atomic mass is 9.76. The van der Waals surface area contributed by atoms with Crippen molar-refractivity contribution in [1.82, 2.24) is 0 Å². The molecule has 1 aromatic rings. The maximum atomic E-state index is 6.07. The van der Waals surface area contributed by atoms with Gasteiger partial charge in [-0.3, -0.25) is 0 Å². The maximum Gasteiger partial charge on any atom is 0.495 e. The predicted octanol–water partition coefficient (Wildman–Crippen LogP) is 2.53. The number of nitrogen functional groups attached to an aromatic ring is 1. The van der Waals surface area contributed by atoms with E-state index in [0.29, 0.717) is 10.7 Å². The Morgan fingerprint density at radius 1 is 1.11 bits per heavy atom. The maximum absolute atomic E-state index is 6.07. The van der Waals surface area contributed by atoms with Crippen LogP contribution in [0.1, 0.15) is 33.3 Å². The fourth-order valence-corrected chi connectivity index (χ4v) is 2.12. The van der Waals surface area contributed by atoms with Gasteiger partial charge in [0.25, 0.3) is 0 Å². The molecule has 0 saturated carbocycles. The van der Waals surface area contributed by atoms with Gasteiger partial charge < -0.3 is 15.0 Å². The van der Waals surface area contributed by atoms with E-state index in [0.717, 1.165) is 11.0 Å². The Bertz CT molecular complexity index is 472. The highest BCUT2D eigenvalue weighted by Gasteiger charge is 2.52. The summed E-state index contributed by atoms with van der Waals surface area (Å²) in [6.07, 6.45) is 0. The number of halogens is 1. The minimum atomic E-state index is -0.395. The highest BCUT2D eigenvalue weighted by molar-refractivity contribution is 6.63. The zero-order valence-corrected chi connectivity index (χ0v) is 12.3. The first-order valence-corrected chi connectivity index (χ1v) is 6.43. The number of anilines is 1. The number of aryl methyl sites for hydroxylation is 1. The van der Waals surface area contributed by atoms with Gasteiger partial charge in [-0.1, -0.05) is 11.6 Å². The lowest BCUT2D eigenvalue weighted by molar-refractivity contribution is 0.00578. The van der Waals surface area contributed by atoms with Crippen molar-refractivity contribution in [2.45, 2.75) is 45.8 Å². The van der Waals surface area contributed by atoms with Crippen molar-refractivity contribution in [2.75, 3.05) is 5.73 Å². The van der Waals surface area contributed by atoms with E-state index in [1.54, 1.807) is 0 Å². The van der Waals surface area contributed by atoms with Gasteiger partial charge in [0.1, 0.15) is 0 Å². The summed E-state index contributed by atoms with van der Waals surface area (Å²) in [6.45, 7) is 10.1. The number of benzene rings is 1. The SMILES string of the molecule is Cc1cc(N)c(Cl)cc1B1OC(C)(C)C(C)(C)O1. The topological polar surface area (TPSA) is 44.5 Å². The first-order chi connectivity index (χ1) is 8.14. The van der Waals surface area contributed by atoms with E-state index in [9.17, 15) is 0 Å². The van der Waals surface area contributed by atoms with Crippen molar-refractivity contribution >= 4 is 29.9 Å². The highest BCUT2D eigenvalue weighted by Crippen LogP contribution is 2.37. The van der Waals surface area contributed by atoms with E-state index in [1.165, 1.54) is 0 Å². The van der Waals surface area contributed by atoms with Gasteiger partial charge in [-0.25, -0.2) is 0 Å². The van der Waals surface area contributed by atoms with Crippen molar-refractivity contribution in [3.8, 4) is 0 Å². The van der Waals surface area contributed by atoms with Crippen LogP contribution in [0, 0.1) is 6.92 Å². The van der Waals surface area contributed by atoms with Crippen LogP contribution in [0.3, 0.4) is 0 Å². The summed E-state index contributed by atoms with van der Waals surface area (Å²) in [5.41, 5.74) is 7.62. The number of hydrogen-bond acceptors (Lipinski definition) is 3. The molecule has 2 rings (SSSR count). The van der Waals surface area contributed by atoms with Gasteiger partial charge >= 0.3 is 7.12 Å². The Balaban J connectivity index is 2.38. The van der Waals surface area contributed by atoms with Crippen LogP contribution in [0.4, 0.5) is 5.69 Å². The molecule has 18 heavy (non-hydrogen) atoms. The summed E-state index contributed by atoms with van der Waals surface area (Å²) >= 11 is 6.07. The predicted molar refractivity (Wildman–Crippen MR) is 76.3 cm³/mol. The van der Waals surface area contributed by atoms with Gasteiger partial charge in [-0.05, 0) is 57.8 Å². The molecule has 1 aliphatic rings. The first-order valence-electron chi connectivity index (χ1n) is 6.05.